The molecule has 7 heteroatoms. The Morgan fingerprint density at radius 1 is 1.03 bits per heavy atom. The number of aryl methyl sites for hydroxylation is 1. The molecular formula is C29H49N3O4. The Kier molecular flexibility index (Phi) is 13.0. The molecule has 0 aliphatic rings. The van der Waals surface area contributed by atoms with Gasteiger partial charge in [0.05, 0.1) is 0 Å². The Morgan fingerprint density at radius 2 is 1.69 bits per heavy atom. The lowest BCUT2D eigenvalue weighted by molar-refractivity contribution is -0.142. The molecule has 2 atom stereocenters. The third-order valence-corrected chi connectivity index (χ3v) is 6.02. The van der Waals surface area contributed by atoms with E-state index >= 15 is 0 Å². The normalized spacial score (nSPS) is 13.2. The van der Waals surface area contributed by atoms with Crippen molar-refractivity contribution in [3.05, 3.63) is 34.9 Å². The van der Waals surface area contributed by atoms with Crippen LogP contribution in [0.3, 0.4) is 0 Å². The van der Waals surface area contributed by atoms with Crippen LogP contribution in [0, 0.1) is 19.8 Å². The van der Waals surface area contributed by atoms with E-state index in [9.17, 15) is 14.4 Å². The summed E-state index contributed by atoms with van der Waals surface area (Å²) in [6.45, 7) is 18.4. The van der Waals surface area contributed by atoms with Crippen molar-refractivity contribution in [3.8, 4) is 0 Å². The van der Waals surface area contributed by atoms with Crippen molar-refractivity contribution < 1.29 is 19.1 Å². The van der Waals surface area contributed by atoms with Gasteiger partial charge in [-0.05, 0) is 76.5 Å². The lowest BCUT2D eigenvalue weighted by Crippen LogP contribution is -2.53. The molecule has 0 bridgehead atoms. The van der Waals surface area contributed by atoms with E-state index in [0.717, 1.165) is 36.0 Å². The number of nitrogens with zero attached hydrogens (tertiary/aromatic N) is 1. The number of ether oxygens (including phenoxy) is 1. The molecule has 0 heterocycles. The number of nitrogens with one attached hydrogen (secondary N) is 2. The molecule has 0 aliphatic carbocycles. The zero-order valence-electron chi connectivity index (χ0n) is 24.0. The van der Waals surface area contributed by atoms with E-state index in [4.69, 9.17) is 4.74 Å². The molecule has 3 amide bonds. The first-order chi connectivity index (χ1) is 16.8. The highest BCUT2D eigenvalue weighted by atomic mass is 16.6. The molecule has 0 saturated carbocycles. The van der Waals surface area contributed by atoms with Gasteiger partial charge in [0.2, 0.25) is 11.8 Å². The average Bonchev–Trinajstić information content (AvgIpc) is 2.76. The predicted octanol–water partition coefficient (Wildman–Crippen LogP) is 5.83. The van der Waals surface area contributed by atoms with Gasteiger partial charge in [-0.3, -0.25) is 9.59 Å². The van der Waals surface area contributed by atoms with Gasteiger partial charge < -0.3 is 20.3 Å². The van der Waals surface area contributed by atoms with E-state index in [1.807, 2.05) is 52.8 Å². The molecule has 1 aromatic carbocycles. The molecule has 1 aromatic rings. The number of carbonyl (C=O) groups excluding carboxylic acids is 3. The van der Waals surface area contributed by atoms with E-state index in [2.05, 4.69) is 17.6 Å². The molecule has 204 valence electrons. The largest absolute Gasteiger partial charge is 0.444 e. The van der Waals surface area contributed by atoms with Crippen molar-refractivity contribution in [3.63, 3.8) is 0 Å². The van der Waals surface area contributed by atoms with Gasteiger partial charge in [-0.1, -0.05) is 58.7 Å². The van der Waals surface area contributed by atoms with Gasteiger partial charge >= 0.3 is 6.09 Å². The molecule has 0 saturated heterocycles. The molecular weight excluding hydrogens is 454 g/mol. The Hall–Kier alpha value is -2.57. The van der Waals surface area contributed by atoms with Crippen LogP contribution in [0.15, 0.2) is 18.2 Å². The quantitative estimate of drug-likeness (QED) is 0.332. The van der Waals surface area contributed by atoms with E-state index in [0.29, 0.717) is 25.9 Å². The highest BCUT2D eigenvalue weighted by molar-refractivity contribution is 5.92. The summed E-state index contributed by atoms with van der Waals surface area (Å²) in [4.78, 5) is 41.9. The zero-order valence-corrected chi connectivity index (χ0v) is 24.0. The lowest BCUT2D eigenvalue weighted by Gasteiger charge is -2.35. The minimum absolute atomic E-state index is 0.152. The van der Waals surface area contributed by atoms with E-state index in [1.54, 1.807) is 25.7 Å². The summed E-state index contributed by atoms with van der Waals surface area (Å²) in [5.41, 5.74) is 2.18. The number of rotatable bonds is 13. The predicted molar refractivity (Wildman–Crippen MR) is 146 cm³/mol. The van der Waals surface area contributed by atoms with Crippen LogP contribution in [-0.2, 0) is 14.3 Å². The highest BCUT2D eigenvalue weighted by Crippen LogP contribution is 2.28. The topological polar surface area (TPSA) is 87.7 Å². The number of carbonyl (C=O) groups is 3. The monoisotopic (exact) mass is 503 g/mol. The van der Waals surface area contributed by atoms with Crippen LogP contribution in [0.2, 0.25) is 0 Å². The van der Waals surface area contributed by atoms with Gasteiger partial charge in [0.15, 0.2) is 0 Å². The number of hydrogen-bond acceptors (Lipinski definition) is 4. The van der Waals surface area contributed by atoms with Crippen LogP contribution in [0.4, 0.5) is 4.79 Å². The first kappa shape index (κ1) is 31.5. The minimum Gasteiger partial charge on any atom is -0.444 e. The second kappa shape index (κ2) is 14.9. The van der Waals surface area contributed by atoms with E-state index < -0.39 is 23.8 Å². The van der Waals surface area contributed by atoms with Crippen LogP contribution < -0.4 is 10.6 Å². The molecule has 7 nitrogen and oxygen atoms in total. The molecule has 0 spiro atoms. The van der Waals surface area contributed by atoms with Crippen molar-refractivity contribution in [1.29, 1.82) is 0 Å². The third kappa shape index (κ3) is 10.2. The maximum Gasteiger partial charge on any atom is 0.408 e. The number of benzene rings is 1. The standard InChI is InChI=1S/C29H49N3O4/c1-10-12-13-17-30-26(33)25(23-16-14-15-21(5)22(23)6)32(18-11-2)27(34)24(19-20(3)4)31-28(35)36-29(7,8)9/h14-16,20,24-25H,10-13,17-19H2,1-9H3,(H,30,33)(H,31,35). The molecule has 0 fully saturated rings. The number of unbranched alkanes of at least 4 members (excludes halogenated alkanes) is 2. The SMILES string of the molecule is CCCCCNC(=O)C(c1cccc(C)c1C)N(CCC)C(=O)C(CC(C)C)NC(=O)OC(C)(C)C. The maximum atomic E-state index is 14.0. The van der Waals surface area contributed by atoms with Gasteiger partial charge in [-0.15, -0.1) is 0 Å². The summed E-state index contributed by atoms with van der Waals surface area (Å²) >= 11 is 0. The number of amides is 3. The van der Waals surface area contributed by atoms with Gasteiger partial charge in [0.25, 0.3) is 0 Å². The smallest absolute Gasteiger partial charge is 0.408 e. The van der Waals surface area contributed by atoms with Crippen molar-refractivity contribution in [2.24, 2.45) is 5.92 Å². The third-order valence-electron chi connectivity index (χ3n) is 6.02. The van der Waals surface area contributed by atoms with Crippen molar-refractivity contribution in [1.82, 2.24) is 15.5 Å². The fourth-order valence-electron chi connectivity index (χ4n) is 4.15. The van der Waals surface area contributed by atoms with Gasteiger partial charge in [0.1, 0.15) is 17.7 Å². The zero-order chi connectivity index (χ0) is 27.5. The minimum atomic E-state index is -0.799. The van der Waals surface area contributed by atoms with Gasteiger partial charge in [-0.25, -0.2) is 4.79 Å². The van der Waals surface area contributed by atoms with Crippen LogP contribution in [0.25, 0.3) is 0 Å². The van der Waals surface area contributed by atoms with Gasteiger partial charge in [0, 0.05) is 13.1 Å². The second-order valence-corrected chi connectivity index (χ2v) is 11.0. The van der Waals surface area contributed by atoms with Crippen LogP contribution in [-0.4, -0.2) is 47.5 Å². The van der Waals surface area contributed by atoms with Crippen LogP contribution >= 0.6 is 0 Å². The Balaban J connectivity index is 3.43. The summed E-state index contributed by atoms with van der Waals surface area (Å²) < 4.78 is 5.44. The first-order valence-corrected chi connectivity index (χ1v) is 13.5. The summed E-state index contributed by atoms with van der Waals surface area (Å²) in [5.74, 6) is -0.312. The number of hydrogen-bond donors (Lipinski definition) is 2. The van der Waals surface area contributed by atoms with E-state index in [-0.39, 0.29) is 17.7 Å². The molecule has 0 aliphatic heterocycles. The Labute approximate surface area is 218 Å². The Morgan fingerprint density at radius 3 is 2.25 bits per heavy atom. The fourth-order valence-corrected chi connectivity index (χ4v) is 4.15. The van der Waals surface area contributed by atoms with Gasteiger partial charge in [-0.2, -0.15) is 0 Å². The Bertz CT molecular complexity index is 861. The molecule has 36 heavy (non-hydrogen) atoms. The first-order valence-electron chi connectivity index (χ1n) is 13.5. The maximum absolute atomic E-state index is 14.0. The molecule has 1 rings (SSSR count). The molecule has 2 unspecified atom stereocenters. The summed E-state index contributed by atoms with van der Waals surface area (Å²) in [6, 6.07) is 4.27. The summed E-state index contributed by atoms with van der Waals surface area (Å²) in [5, 5.41) is 5.85. The molecule has 0 radical (unpaired) electrons. The van der Waals surface area contributed by atoms with Crippen LogP contribution in [0.1, 0.15) is 103 Å². The van der Waals surface area contributed by atoms with Crippen molar-refractivity contribution in [2.45, 2.75) is 112 Å². The summed E-state index contributed by atoms with van der Waals surface area (Å²) in [7, 11) is 0. The second-order valence-electron chi connectivity index (χ2n) is 11.0. The number of alkyl carbamates (subject to hydrolysis) is 1. The summed E-state index contributed by atoms with van der Waals surface area (Å²) in [6.07, 6.45) is 3.46. The lowest BCUT2D eigenvalue weighted by atomic mass is 9.94. The van der Waals surface area contributed by atoms with Crippen molar-refractivity contribution >= 4 is 17.9 Å². The fraction of sp³-hybridized carbons (Fsp3) is 0.690. The van der Waals surface area contributed by atoms with E-state index in [1.165, 1.54) is 0 Å². The highest BCUT2D eigenvalue weighted by Gasteiger charge is 2.36. The molecule has 0 aromatic heterocycles. The van der Waals surface area contributed by atoms with Crippen molar-refractivity contribution in [2.75, 3.05) is 13.1 Å². The molecule has 2 N–H and O–H groups in total. The van der Waals surface area contributed by atoms with Crippen LogP contribution in [0.5, 0.6) is 0 Å². The average molecular weight is 504 g/mol.